The zero-order chi connectivity index (χ0) is 26.4. The molecule has 37 heavy (non-hydrogen) atoms. The van der Waals surface area contributed by atoms with Crippen LogP contribution in [0, 0.1) is 0 Å². The molecule has 2 amide bonds. The predicted octanol–water partition coefficient (Wildman–Crippen LogP) is 5.88. The first-order valence-corrected chi connectivity index (χ1v) is 13.2. The molecule has 4 rings (SSSR count). The van der Waals surface area contributed by atoms with Gasteiger partial charge in [-0.3, -0.25) is 14.3 Å². The lowest BCUT2D eigenvalue weighted by molar-refractivity contribution is 0.0940. The first-order valence-electron chi connectivity index (χ1n) is 11.4. The van der Waals surface area contributed by atoms with Gasteiger partial charge in [-0.2, -0.15) is 0 Å². The SMILES string of the molecule is C[C@@H](NC(=O)c1ccccc1NC(=O)c1cc(NS(=O)(=O)c2ccccc2)ccc1Cl)c1ccccc1. The second-order valence-corrected chi connectivity index (χ2v) is 10.3. The molecule has 9 heteroatoms. The van der Waals surface area contributed by atoms with E-state index in [9.17, 15) is 18.0 Å². The van der Waals surface area contributed by atoms with Crippen molar-refractivity contribution in [2.75, 3.05) is 10.0 Å². The van der Waals surface area contributed by atoms with Gasteiger partial charge in [-0.25, -0.2) is 8.42 Å². The number of sulfonamides is 1. The van der Waals surface area contributed by atoms with E-state index in [4.69, 9.17) is 11.6 Å². The van der Waals surface area contributed by atoms with Gasteiger partial charge in [0.1, 0.15) is 0 Å². The van der Waals surface area contributed by atoms with E-state index < -0.39 is 15.9 Å². The smallest absolute Gasteiger partial charge is 0.261 e. The predicted molar refractivity (Wildman–Crippen MR) is 145 cm³/mol. The quantitative estimate of drug-likeness (QED) is 0.263. The van der Waals surface area contributed by atoms with Crippen LogP contribution in [0.5, 0.6) is 0 Å². The van der Waals surface area contributed by atoms with Gasteiger partial charge in [0.15, 0.2) is 0 Å². The Bertz CT molecular complexity index is 1530. The highest BCUT2D eigenvalue weighted by molar-refractivity contribution is 7.92. The van der Waals surface area contributed by atoms with Crippen LogP contribution in [0.1, 0.15) is 39.2 Å². The first-order chi connectivity index (χ1) is 17.7. The number of amides is 2. The van der Waals surface area contributed by atoms with Crippen molar-refractivity contribution in [1.82, 2.24) is 5.32 Å². The van der Waals surface area contributed by atoms with Crippen molar-refractivity contribution < 1.29 is 18.0 Å². The van der Waals surface area contributed by atoms with Gasteiger partial charge >= 0.3 is 0 Å². The summed E-state index contributed by atoms with van der Waals surface area (Å²) in [6.07, 6.45) is 0. The van der Waals surface area contributed by atoms with E-state index in [1.54, 1.807) is 42.5 Å². The number of carbonyl (C=O) groups is 2. The summed E-state index contributed by atoms with van der Waals surface area (Å²) in [4.78, 5) is 26.2. The molecule has 0 aliphatic carbocycles. The molecule has 0 aliphatic heterocycles. The maximum absolute atomic E-state index is 13.1. The number of anilines is 2. The summed E-state index contributed by atoms with van der Waals surface area (Å²) in [7, 11) is -3.86. The highest BCUT2D eigenvalue weighted by Gasteiger charge is 2.19. The number of halogens is 1. The van der Waals surface area contributed by atoms with Crippen molar-refractivity contribution in [3.05, 3.63) is 125 Å². The maximum Gasteiger partial charge on any atom is 0.261 e. The van der Waals surface area contributed by atoms with Crippen LogP contribution in [0.3, 0.4) is 0 Å². The number of hydrogen-bond donors (Lipinski definition) is 3. The minimum Gasteiger partial charge on any atom is -0.345 e. The Labute approximate surface area is 220 Å². The zero-order valence-corrected chi connectivity index (χ0v) is 21.4. The number of carbonyl (C=O) groups excluding carboxylic acids is 2. The molecule has 0 unspecified atom stereocenters. The van der Waals surface area contributed by atoms with Crippen molar-refractivity contribution in [2.24, 2.45) is 0 Å². The summed E-state index contributed by atoms with van der Waals surface area (Å²) in [5, 5.41) is 5.78. The molecule has 1 atom stereocenters. The lowest BCUT2D eigenvalue weighted by atomic mass is 10.1. The van der Waals surface area contributed by atoms with Crippen LogP contribution in [0.2, 0.25) is 5.02 Å². The van der Waals surface area contributed by atoms with E-state index in [1.165, 1.54) is 30.3 Å². The molecular weight excluding hydrogens is 510 g/mol. The number of rotatable bonds is 8. The van der Waals surface area contributed by atoms with Crippen molar-refractivity contribution in [1.29, 1.82) is 0 Å². The molecule has 0 radical (unpaired) electrons. The molecule has 0 saturated carbocycles. The van der Waals surface area contributed by atoms with Gasteiger partial charge in [0.25, 0.3) is 21.8 Å². The van der Waals surface area contributed by atoms with Gasteiger partial charge in [-0.15, -0.1) is 0 Å². The highest BCUT2D eigenvalue weighted by atomic mass is 35.5. The van der Waals surface area contributed by atoms with Crippen LogP contribution in [0.4, 0.5) is 11.4 Å². The molecule has 0 saturated heterocycles. The van der Waals surface area contributed by atoms with Crippen LogP contribution in [-0.2, 0) is 10.0 Å². The molecule has 4 aromatic carbocycles. The average Bonchev–Trinajstić information content (AvgIpc) is 2.91. The number of benzene rings is 4. The summed E-state index contributed by atoms with van der Waals surface area (Å²) >= 11 is 6.27. The summed E-state index contributed by atoms with van der Waals surface area (Å²) < 4.78 is 27.8. The van der Waals surface area contributed by atoms with Crippen LogP contribution in [0.25, 0.3) is 0 Å². The fourth-order valence-corrected chi connectivity index (χ4v) is 4.93. The molecule has 0 aliphatic rings. The van der Waals surface area contributed by atoms with Crippen molar-refractivity contribution in [3.63, 3.8) is 0 Å². The topological polar surface area (TPSA) is 104 Å². The van der Waals surface area contributed by atoms with E-state index in [-0.39, 0.29) is 44.4 Å². The third kappa shape index (κ3) is 6.35. The number of nitrogens with one attached hydrogen (secondary N) is 3. The van der Waals surface area contributed by atoms with Crippen LogP contribution in [-0.4, -0.2) is 20.2 Å². The fourth-order valence-electron chi connectivity index (χ4n) is 3.66. The molecule has 0 fully saturated rings. The third-order valence-corrected chi connectivity index (χ3v) is 7.31. The van der Waals surface area contributed by atoms with Crippen molar-refractivity contribution in [2.45, 2.75) is 17.9 Å². The van der Waals surface area contributed by atoms with E-state index in [0.717, 1.165) is 5.56 Å². The zero-order valence-electron chi connectivity index (χ0n) is 19.8. The Kier molecular flexibility index (Phi) is 7.91. The second-order valence-electron chi connectivity index (χ2n) is 8.22. The molecule has 4 aromatic rings. The Hall–Kier alpha value is -4.14. The second kappa shape index (κ2) is 11.3. The van der Waals surface area contributed by atoms with Crippen LogP contribution < -0.4 is 15.4 Å². The average molecular weight is 534 g/mol. The van der Waals surface area contributed by atoms with Gasteiger partial charge in [-0.1, -0.05) is 72.3 Å². The fraction of sp³-hybridized carbons (Fsp3) is 0.0714. The van der Waals surface area contributed by atoms with Gasteiger partial charge in [-0.05, 0) is 55.0 Å². The van der Waals surface area contributed by atoms with E-state index in [2.05, 4.69) is 15.4 Å². The highest BCUT2D eigenvalue weighted by Crippen LogP contribution is 2.25. The summed E-state index contributed by atoms with van der Waals surface area (Å²) in [6, 6.07) is 28.0. The molecule has 0 aromatic heterocycles. The monoisotopic (exact) mass is 533 g/mol. The van der Waals surface area contributed by atoms with E-state index in [0.29, 0.717) is 0 Å². The molecule has 0 heterocycles. The summed E-state index contributed by atoms with van der Waals surface area (Å²) in [6.45, 7) is 1.87. The van der Waals surface area contributed by atoms with E-state index >= 15 is 0 Å². The van der Waals surface area contributed by atoms with Gasteiger partial charge < -0.3 is 10.6 Å². The molecule has 7 nitrogen and oxygen atoms in total. The Morgan fingerprint density at radius 3 is 2.08 bits per heavy atom. The lowest BCUT2D eigenvalue weighted by Gasteiger charge is -2.17. The van der Waals surface area contributed by atoms with Crippen LogP contribution >= 0.6 is 11.6 Å². The molecule has 0 bridgehead atoms. The minimum atomic E-state index is -3.86. The lowest BCUT2D eigenvalue weighted by Crippen LogP contribution is -2.28. The molecular formula is C28H24ClN3O4S. The molecule has 3 N–H and O–H groups in total. The van der Waals surface area contributed by atoms with Gasteiger partial charge in [0, 0.05) is 5.69 Å². The Morgan fingerprint density at radius 2 is 1.38 bits per heavy atom. The van der Waals surface area contributed by atoms with Gasteiger partial charge in [0.2, 0.25) is 0 Å². The molecule has 0 spiro atoms. The number of para-hydroxylation sites is 1. The van der Waals surface area contributed by atoms with E-state index in [1.807, 2.05) is 37.3 Å². The van der Waals surface area contributed by atoms with Crippen molar-refractivity contribution in [3.8, 4) is 0 Å². The Balaban J connectivity index is 1.53. The summed E-state index contributed by atoms with van der Waals surface area (Å²) in [5.74, 6) is -0.954. The minimum absolute atomic E-state index is 0.0443. The largest absolute Gasteiger partial charge is 0.345 e. The van der Waals surface area contributed by atoms with Gasteiger partial charge in [0.05, 0.1) is 32.8 Å². The molecule has 188 valence electrons. The third-order valence-electron chi connectivity index (χ3n) is 5.58. The summed E-state index contributed by atoms with van der Waals surface area (Å²) in [5.41, 5.74) is 1.72. The first kappa shape index (κ1) is 25.9. The standard InChI is InChI=1S/C28H24ClN3O4S/c1-19(20-10-4-2-5-11-20)30-27(33)23-14-8-9-15-26(23)31-28(34)24-18-21(16-17-25(24)29)32-37(35,36)22-12-6-3-7-13-22/h2-19,32H,1H3,(H,30,33)(H,31,34)/t19-/m1/s1. The Morgan fingerprint density at radius 1 is 0.757 bits per heavy atom. The maximum atomic E-state index is 13.1. The number of hydrogen-bond acceptors (Lipinski definition) is 4. The van der Waals surface area contributed by atoms with Crippen molar-refractivity contribution >= 4 is 44.8 Å². The van der Waals surface area contributed by atoms with Crippen LogP contribution in [0.15, 0.2) is 108 Å². The normalized spacial score (nSPS) is 11.8.